The molecule has 3 fully saturated rings. The molecular weight excluding hydrogens is 348 g/mol. The van der Waals surface area contributed by atoms with E-state index < -0.39 is 0 Å². The summed E-state index contributed by atoms with van der Waals surface area (Å²) in [4.78, 5) is 30.1. The molecule has 2 saturated carbocycles. The molecular formula is C19H28N4O2S. The van der Waals surface area contributed by atoms with Gasteiger partial charge < -0.3 is 9.88 Å². The largest absolute Gasteiger partial charge is 0.336 e. The van der Waals surface area contributed by atoms with Crippen LogP contribution in [0.15, 0.2) is 5.16 Å². The van der Waals surface area contributed by atoms with Crippen LogP contribution in [0.2, 0.25) is 0 Å². The van der Waals surface area contributed by atoms with Crippen LogP contribution < -0.4 is 5.32 Å². The monoisotopic (exact) mass is 376 g/mol. The number of imide groups is 1. The number of urea groups is 1. The molecule has 142 valence electrons. The normalized spacial score (nSPS) is 28.7. The molecule has 7 heteroatoms. The Morgan fingerprint density at radius 3 is 2.77 bits per heavy atom. The zero-order valence-electron chi connectivity index (χ0n) is 15.8. The average molecular weight is 377 g/mol. The molecule has 4 atom stereocenters. The van der Waals surface area contributed by atoms with Crippen LogP contribution in [0.1, 0.15) is 50.0 Å². The third kappa shape index (κ3) is 3.04. The third-order valence-electron chi connectivity index (χ3n) is 6.66. The summed E-state index contributed by atoms with van der Waals surface area (Å²) in [6, 6.07) is 0.140. The molecule has 2 aliphatic carbocycles. The number of carbonyl (C=O) groups excluding carboxylic acids is 2. The van der Waals surface area contributed by atoms with Crippen molar-refractivity contribution in [2.24, 2.45) is 17.8 Å². The van der Waals surface area contributed by atoms with Gasteiger partial charge in [0.05, 0.1) is 11.4 Å². The highest BCUT2D eigenvalue weighted by Gasteiger charge is 2.43. The van der Waals surface area contributed by atoms with E-state index in [0.29, 0.717) is 19.1 Å². The lowest BCUT2D eigenvalue weighted by Gasteiger charge is -2.30. The zero-order chi connectivity index (χ0) is 18.4. The molecule has 1 aromatic rings. The van der Waals surface area contributed by atoms with Gasteiger partial charge in [0.15, 0.2) is 5.16 Å². The molecule has 1 aromatic heterocycles. The molecule has 0 radical (unpaired) electrons. The van der Waals surface area contributed by atoms with Crippen molar-refractivity contribution in [1.29, 1.82) is 0 Å². The number of amides is 3. The lowest BCUT2D eigenvalue weighted by atomic mass is 9.84. The van der Waals surface area contributed by atoms with Crippen LogP contribution in [-0.4, -0.2) is 45.2 Å². The Morgan fingerprint density at radius 2 is 2.15 bits per heavy atom. The van der Waals surface area contributed by atoms with E-state index in [9.17, 15) is 9.59 Å². The summed E-state index contributed by atoms with van der Waals surface area (Å²) in [6.45, 7) is 7.50. The first-order chi connectivity index (χ1) is 12.5. The predicted molar refractivity (Wildman–Crippen MR) is 101 cm³/mol. The van der Waals surface area contributed by atoms with Crippen molar-refractivity contribution >= 4 is 23.7 Å². The number of hydrogen-bond acceptors (Lipinski definition) is 4. The van der Waals surface area contributed by atoms with Crippen molar-refractivity contribution in [3.05, 3.63) is 11.4 Å². The Balaban J connectivity index is 1.49. The number of imidazole rings is 1. The van der Waals surface area contributed by atoms with Gasteiger partial charge in [0.25, 0.3) is 0 Å². The van der Waals surface area contributed by atoms with Gasteiger partial charge in [0.1, 0.15) is 0 Å². The van der Waals surface area contributed by atoms with E-state index in [0.717, 1.165) is 28.6 Å². The van der Waals surface area contributed by atoms with Crippen LogP contribution in [0.4, 0.5) is 4.79 Å². The van der Waals surface area contributed by atoms with E-state index in [1.165, 1.54) is 48.0 Å². The number of hydrogen-bond donors (Lipinski definition) is 1. The van der Waals surface area contributed by atoms with Gasteiger partial charge in [-0.25, -0.2) is 9.78 Å². The molecule has 1 aliphatic heterocycles. The minimum atomic E-state index is -0.276. The highest BCUT2D eigenvalue weighted by atomic mass is 32.2. The van der Waals surface area contributed by atoms with Crippen molar-refractivity contribution in [2.45, 2.75) is 57.7 Å². The Hall–Kier alpha value is -1.50. The van der Waals surface area contributed by atoms with Crippen molar-refractivity contribution in [3.8, 4) is 0 Å². The van der Waals surface area contributed by atoms with Crippen LogP contribution in [0, 0.1) is 31.6 Å². The molecule has 3 aliphatic rings. The first kappa shape index (κ1) is 17.9. The number of nitrogens with zero attached hydrogens (tertiary/aromatic N) is 3. The van der Waals surface area contributed by atoms with Crippen molar-refractivity contribution < 1.29 is 9.59 Å². The van der Waals surface area contributed by atoms with Gasteiger partial charge in [0.2, 0.25) is 5.91 Å². The van der Waals surface area contributed by atoms with E-state index in [1.807, 2.05) is 6.92 Å². The van der Waals surface area contributed by atoms with Gasteiger partial charge in [-0.3, -0.25) is 9.69 Å². The molecule has 0 unspecified atom stereocenters. The minimum Gasteiger partial charge on any atom is -0.336 e. The lowest BCUT2D eigenvalue weighted by Crippen LogP contribution is -2.35. The molecule has 1 N–H and O–H groups in total. The van der Waals surface area contributed by atoms with Gasteiger partial charge in [-0.15, -0.1) is 0 Å². The maximum absolute atomic E-state index is 12.4. The van der Waals surface area contributed by atoms with E-state index in [-0.39, 0.29) is 17.7 Å². The Labute approximate surface area is 159 Å². The van der Waals surface area contributed by atoms with Crippen LogP contribution in [0.5, 0.6) is 0 Å². The third-order valence-corrected chi connectivity index (χ3v) is 7.59. The van der Waals surface area contributed by atoms with E-state index in [1.54, 1.807) is 0 Å². The number of carbonyl (C=O) groups is 2. The molecule has 2 heterocycles. The summed E-state index contributed by atoms with van der Waals surface area (Å²) in [5.74, 6) is 2.61. The fourth-order valence-electron chi connectivity index (χ4n) is 5.17. The van der Waals surface area contributed by atoms with Crippen molar-refractivity contribution in [1.82, 2.24) is 19.8 Å². The van der Waals surface area contributed by atoms with Crippen LogP contribution in [-0.2, 0) is 4.79 Å². The van der Waals surface area contributed by atoms with Gasteiger partial charge in [0, 0.05) is 24.8 Å². The van der Waals surface area contributed by atoms with E-state index in [4.69, 9.17) is 4.98 Å². The summed E-state index contributed by atoms with van der Waals surface area (Å²) in [5.41, 5.74) is 2.24. The summed E-state index contributed by atoms with van der Waals surface area (Å²) < 4.78 is 2.35. The van der Waals surface area contributed by atoms with Crippen molar-refractivity contribution in [2.75, 3.05) is 18.8 Å². The van der Waals surface area contributed by atoms with Gasteiger partial charge in [-0.2, -0.15) is 0 Å². The summed E-state index contributed by atoms with van der Waals surface area (Å²) >= 11 is 1.47. The summed E-state index contributed by atoms with van der Waals surface area (Å²) in [6.07, 6.45) is 5.51. The average Bonchev–Trinajstić information content (AvgIpc) is 3.38. The van der Waals surface area contributed by atoms with Gasteiger partial charge in [-0.1, -0.05) is 18.2 Å². The van der Waals surface area contributed by atoms with E-state index >= 15 is 0 Å². The maximum atomic E-state index is 12.4. The molecule has 2 bridgehead atoms. The molecule has 1 saturated heterocycles. The van der Waals surface area contributed by atoms with Gasteiger partial charge >= 0.3 is 6.03 Å². The Bertz CT molecular complexity index is 731. The molecule has 3 amide bonds. The zero-order valence-corrected chi connectivity index (χ0v) is 16.6. The highest BCUT2D eigenvalue weighted by Crippen LogP contribution is 2.52. The SMILES string of the molecule is Cc1nc(SCC(=O)N2CCNC2=O)n([C@H](C)[C@@H]2C[C@H]3CC[C@H]2C3)c1C. The summed E-state index contributed by atoms with van der Waals surface area (Å²) in [7, 11) is 0. The number of thioether (sulfide) groups is 1. The standard InChI is InChI=1S/C19H28N4O2S/c1-11-12(2)23(13(3)16-9-14-4-5-15(16)8-14)19(21-11)26-10-17(24)22-7-6-20-18(22)25/h13-16H,4-10H2,1-3H3,(H,20,25)/t13-,14+,15+,16+/m1/s1. The number of fused-ring (bicyclic) bond motifs is 2. The van der Waals surface area contributed by atoms with Crippen LogP contribution in [0.3, 0.4) is 0 Å². The topological polar surface area (TPSA) is 67.2 Å². The second-order valence-corrected chi connectivity index (χ2v) is 9.02. The lowest BCUT2D eigenvalue weighted by molar-refractivity contribution is -0.124. The molecule has 4 rings (SSSR count). The fourth-order valence-corrected chi connectivity index (χ4v) is 6.22. The molecule has 26 heavy (non-hydrogen) atoms. The van der Waals surface area contributed by atoms with Crippen LogP contribution >= 0.6 is 11.8 Å². The number of nitrogens with one attached hydrogen (secondary N) is 1. The summed E-state index contributed by atoms with van der Waals surface area (Å²) in [5, 5.41) is 3.60. The highest BCUT2D eigenvalue weighted by molar-refractivity contribution is 7.99. The van der Waals surface area contributed by atoms with Crippen molar-refractivity contribution in [3.63, 3.8) is 0 Å². The number of aryl methyl sites for hydroxylation is 1. The predicted octanol–water partition coefficient (Wildman–Crippen LogP) is 3.14. The number of rotatable bonds is 5. The molecule has 0 aromatic carbocycles. The quantitative estimate of drug-likeness (QED) is 0.802. The fraction of sp³-hybridized carbons (Fsp3) is 0.737. The Kier molecular flexibility index (Phi) is 4.75. The first-order valence-electron chi connectivity index (χ1n) is 9.72. The smallest absolute Gasteiger partial charge is 0.324 e. The first-order valence-corrected chi connectivity index (χ1v) is 10.7. The van der Waals surface area contributed by atoms with E-state index in [2.05, 4.69) is 23.7 Å². The Morgan fingerprint density at radius 1 is 1.35 bits per heavy atom. The van der Waals surface area contributed by atoms with Gasteiger partial charge in [-0.05, 0) is 57.8 Å². The second kappa shape index (κ2) is 6.91. The second-order valence-electron chi connectivity index (χ2n) is 8.08. The molecule has 0 spiro atoms. The number of aromatic nitrogens is 2. The maximum Gasteiger partial charge on any atom is 0.324 e. The minimum absolute atomic E-state index is 0.137. The van der Waals surface area contributed by atoms with Crippen LogP contribution in [0.25, 0.3) is 0 Å². The molecule has 6 nitrogen and oxygen atoms in total.